The Labute approximate surface area is 108 Å². The molecule has 1 aromatic heterocycles. The van der Waals surface area contributed by atoms with Crippen molar-refractivity contribution < 1.29 is 19.8 Å². The summed E-state index contributed by atoms with van der Waals surface area (Å²) in [5, 5.41) is 22.1. The van der Waals surface area contributed by atoms with Crippen molar-refractivity contribution >= 4 is 23.3 Å². The second-order valence-corrected chi connectivity index (χ2v) is 4.68. The molecule has 3 N–H and O–H groups in total. The molecule has 18 heavy (non-hydrogen) atoms. The lowest BCUT2D eigenvalue weighted by atomic mass is 10.3. The van der Waals surface area contributed by atoms with Gasteiger partial charge in [-0.25, -0.2) is 14.6 Å². The average molecular weight is 273 g/mol. The molecule has 0 spiro atoms. The Balaban J connectivity index is 2.49. The Morgan fingerprint density at radius 3 is 2.78 bits per heavy atom. The van der Waals surface area contributed by atoms with Crippen molar-refractivity contribution in [2.24, 2.45) is 0 Å². The van der Waals surface area contributed by atoms with Gasteiger partial charge in [0.2, 0.25) is 0 Å². The van der Waals surface area contributed by atoms with E-state index in [0.717, 1.165) is 0 Å². The first-order chi connectivity index (χ1) is 8.45. The normalized spacial score (nSPS) is 11.9. The van der Waals surface area contributed by atoms with E-state index < -0.39 is 5.97 Å². The van der Waals surface area contributed by atoms with Gasteiger partial charge in [0, 0.05) is 12.4 Å². The number of amides is 2. The van der Waals surface area contributed by atoms with E-state index in [1.54, 1.807) is 14.0 Å². The number of thiazole rings is 1. The molecule has 0 saturated heterocycles. The number of rotatable bonds is 5. The van der Waals surface area contributed by atoms with Crippen LogP contribution >= 0.6 is 11.3 Å². The number of carboxylic acid groups (broad SMARTS) is 1. The number of aromatic carboxylic acids is 1. The smallest absolute Gasteiger partial charge is 0.355 e. The molecule has 0 radical (unpaired) electrons. The minimum absolute atomic E-state index is 0.0265. The SMILES string of the molecule is CC(CO)N(C)C(=O)NCc1nc(C(=O)O)cs1. The van der Waals surface area contributed by atoms with E-state index in [1.165, 1.54) is 21.6 Å². The van der Waals surface area contributed by atoms with Crippen LogP contribution in [-0.4, -0.2) is 51.8 Å². The van der Waals surface area contributed by atoms with Gasteiger partial charge >= 0.3 is 12.0 Å². The van der Waals surface area contributed by atoms with E-state index in [9.17, 15) is 9.59 Å². The monoisotopic (exact) mass is 273 g/mol. The summed E-state index contributed by atoms with van der Waals surface area (Å²) < 4.78 is 0. The van der Waals surface area contributed by atoms with E-state index in [4.69, 9.17) is 10.2 Å². The maximum atomic E-state index is 11.6. The number of carbonyl (C=O) groups excluding carboxylic acids is 1. The van der Waals surface area contributed by atoms with Crippen molar-refractivity contribution in [1.29, 1.82) is 0 Å². The summed E-state index contributed by atoms with van der Waals surface area (Å²) in [5.41, 5.74) is -0.0265. The van der Waals surface area contributed by atoms with Gasteiger partial charge in [0.15, 0.2) is 5.69 Å². The van der Waals surface area contributed by atoms with Gasteiger partial charge in [0.05, 0.1) is 19.2 Å². The van der Waals surface area contributed by atoms with Gasteiger partial charge in [0.25, 0.3) is 0 Å². The lowest BCUT2D eigenvalue weighted by Crippen LogP contribution is -2.43. The van der Waals surface area contributed by atoms with Gasteiger partial charge in [-0.15, -0.1) is 11.3 Å². The van der Waals surface area contributed by atoms with Gasteiger partial charge in [-0.05, 0) is 6.92 Å². The third-order valence-corrected chi connectivity index (χ3v) is 3.26. The van der Waals surface area contributed by atoms with Gasteiger partial charge in [-0.2, -0.15) is 0 Å². The molecule has 0 saturated carbocycles. The highest BCUT2D eigenvalue weighted by atomic mass is 32.1. The Bertz CT molecular complexity index is 435. The zero-order valence-electron chi connectivity index (χ0n) is 10.1. The fraction of sp³-hybridized carbons (Fsp3) is 0.500. The molecule has 1 heterocycles. The molecule has 0 aromatic carbocycles. The fourth-order valence-electron chi connectivity index (χ4n) is 1.09. The van der Waals surface area contributed by atoms with E-state index in [2.05, 4.69) is 10.3 Å². The van der Waals surface area contributed by atoms with Crippen LogP contribution in [0.1, 0.15) is 22.4 Å². The van der Waals surface area contributed by atoms with Crippen LogP contribution in [0.15, 0.2) is 5.38 Å². The Kier molecular flexibility index (Phi) is 5.05. The number of nitrogens with zero attached hydrogens (tertiary/aromatic N) is 2. The van der Waals surface area contributed by atoms with Crippen molar-refractivity contribution in [3.63, 3.8) is 0 Å². The van der Waals surface area contributed by atoms with Crippen molar-refractivity contribution in [2.45, 2.75) is 19.5 Å². The van der Waals surface area contributed by atoms with Crippen LogP contribution in [0.3, 0.4) is 0 Å². The molecule has 1 rings (SSSR count). The lowest BCUT2D eigenvalue weighted by Gasteiger charge is -2.23. The van der Waals surface area contributed by atoms with Crippen molar-refractivity contribution in [3.8, 4) is 0 Å². The second-order valence-electron chi connectivity index (χ2n) is 3.73. The minimum atomic E-state index is -1.09. The predicted molar refractivity (Wildman–Crippen MR) is 65.6 cm³/mol. The number of aromatic nitrogens is 1. The predicted octanol–water partition coefficient (Wildman–Crippen LogP) is 0.364. The number of hydrogen-bond acceptors (Lipinski definition) is 5. The summed E-state index contributed by atoms with van der Waals surface area (Å²) in [6.07, 6.45) is 0. The molecule has 1 atom stereocenters. The van der Waals surface area contributed by atoms with E-state index in [-0.39, 0.29) is 30.9 Å². The van der Waals surface area contributed by atoms with Crippen LogP contribution < -0.4 is 5.32 Å². The molecule has 0 aliphatic heterocycles. The third kappa shape index (κ3) is 3.67. The molecule has 1 unspecified atom stereocenters. The lowest BCUT2D eigenvalue weighted by molar-refractivity contribution is 0.0691. The highest BCUT2D eigenvalue weighted by molar-refractivity contribution is 7.09. The summed E-state index contributed by atoms with van der Waals surface area (Å²) in [4.78, 5) is 27.4. The number of hydrogen-bond donors (Lipinski definition) is 3. The molecule has 100 valence electrons. The van der Waals surface area contributed by atoms with Gasteiger partial charge in [-0.3, -0.25) is 0 Å². The molecule has 7 nitrogen and oxygen atoms in total. The number of aliphatic hydroxyl groups is 1. The zero-order valence-corrected chi connectivity index (χ0v) is 10.9. The second kappa shape index (κ2) is 6.31. The van der Waals surface area contributed by atoms with Crippen molar-refractivity contribution in [1.82, 2.24) is 15.2 Å². The van der Waals surface area contributed by atoms with E-state index in [0.29, 0.717) is 5.01 Å². The zero-order chi connectivity index (χ0) is 13.7. The van der Waals surface area contributed by atoms with Crippen LogP contribution in [0.25, 0.3) is 0 Å². The summed E-state index contributed by atoms with van der Waals surface area (Å²) in [5.74, 6) is -1.09. The third-order valence-electron chi connectivity index (χ3n) is 2.41. The van der Waals surface area contributed by atoms with Crippen LogP contribution in [0.5, 0.6) is 0 Å². The van der Waals surface area contributed by atoms with E-state index in [1.807, 2.05) is 0 Å². The summed E-state index contributed by atoms with van der Waals surface area (Å²) >= 11 is 1.17. The highest BCUT2D eigenvalue weighted by Gasteiger charge is 2.15. The van der Waals surface area contributed by atoms with Crippen molar-refractivity contribution in [2.75, 3.05) is 13.7 Å². The molecular formula is C10H15N3O4S. The fourth-order valence-corrected chi connectivity index (χ4v) is 1.80. The Morgan fingerprint density at radius 1 is 1.61 bits per heavy atom. The minimum Gasteiger partial charge on any atom is -0.476 e. The van der Waals surface area contributed by atoms with Crippen molar-refractivity contribution in [3.05, 3.63) is 16.1 Å². The number of aliphatic hydroxyl groups excluding tert-OH is 1. The molecule has 0 bridgehead atoms. The topological polar surface area (TPSA) is 103 Å². The van der Waals surface area contributed by atoms with Gasteiger partial charge < -0.3 is 20.4 Å². The summed E-state index contributed by atoms with van der Waals surface area (Å²) in [6.45, 7) is 1.76. The molecule has 0 fully saturated rings. The number of carbonyl (C=O) groups is 2. The quantitative estimate of drug-likeness (QED) is 0.719. The average Bonchev–Trinajstić information content (AvgIpc) is 2.82. The van der Waals surface area contributed by atoms with Crippen LogP contribution in [0, 0.1) is 0 Å². The molecular weight excluding hydrogens is 258 g/mol. The molecule has 1 aromatic rings. The number of likely N-dealkylation sites (N-methyl/N-ethyl adjacent to an activating group) is 1. The van der Waals surface area contributed by atoms with Crippen LogP contribution in [-0.2, 0) is 6.54 Å². The highest BCUT2D eigenvalue weighted by Crippen LogP contribution is 2.09. The maximum absolute atomic E-state index is 11.6. The number of carboxylic acids is 1. The first kappa shape index (κ1) is 14.4. The Morgan fingerprint density at radius 2 is 2.28 bits per heavy atom. The largest absolute Gasteiger partial charge is 0.476 e. The Hall–Kier alpha value is -1.67. The summed E-state index contributed by atoms with van der Waals surface area (Å²) in [6, 6.07) is -0.625. The number of urea groups is 1. The molecule has 8 heteroatoms. The molecule has 0 aliphatic carbocycles. The number of nitrogens with one attached hydrogen (secondary N) is 1. The van der Waals surface area contributed by atoms with E-state index >= 15 is 0 Å². The molecule has 0 aliphatic rings. The first-order valence-electron chi connectivity index (χ1n) is 5.25. The summed E-state index contributed by atoms with van der Waals surface area (Å²) in [7, 11) is 1.57. The maximum Gasteiger partial charge on any atom is 0.355 e. The standard InChI is InChI=1S/C10H15N3O4S/c1-6(4-14)13(2)10(17)11-3-8-12-7(5-18-8)9(15)16/h5-6,14H,3-4H2,1-2H3,(H,11,17)(H,15,16). The van der Waals surface area contributed by atoms with Gasteiger partial charge in [0.1, 0.15) is 5.01 Å². The first-order valence-corrected chi connectivity index (χ1v) is 6.13. The molecule has 2 amide bonds. The van der Waals surface area contributed by atoms with Gasteiger partial charge in [-0.1, -0.05) is 0 Å². The van der Waals surface area contributed by atoms with Crippen LogP contribution in [0.2, 0.25) is 0 Å². The van der Waals surface area contributed by atoms with Crippen LogP contribution in [0.4, 0.5) is 4.79 Å².